The number of H-pyrrole nitrogens is 1. The van der Waals surface area contributed by atoms with Gasteiger partial charge in [0, 0.05) is 62.9 Å². The molecule has 0 saturated heterocycles. The summed E-state index contributed by atoms with van der Waals surface area (Å²) in [5.74, 6) is -0.0414. The van der Waals surface area contributed by atoms with E-state index >= 15 is 0 Å². The standard InChI is InChI=1S/C29H38N4O2/c1-5-7-12-28(34)32(18-6-2)22-29(35)33(21-23-13-15-25(16-14-23)31(3)4)19-17-24-20-30-27-11-9-8-10-26(24)27/h6,8-11,13-16,20,30H,2,5,7,12,17-19,21-22H2,1,3-4H3. The molecule has 35 heavy (non-hydrogen) atoms. The van der Waals surface area contributed by atoms with Gasteiger partial charge in [-0.05, 0) is 42.2 Å². The van der Waals surface area contributed by atoms with E-state index in [4.69, 9.17) is 0 Å². The summed E-state index contributed by atoms with van der Waals surface area (Å²) >= 11 is 0. The smallest absolute Gasteiger partial charge is 0.242 e. The zero-order chi connectivity index (χ0) is 25.2. The molecule has 186 valence electrons. The molecule has 1 heterocycles. The highest BCUT2D eigenvalue weighted by Gasteiger charge is 2.21. The van der Waals surface area contributed by atoms with Crippen LogP contribution < -0.4 is 4.90 Å². The first kappa shape index (κ1) is 26.1. The predicted molar refractivity (Wildman–Crippen MR) is 144 cm³/mol. The Morgan fingerprint density at radius 2 is 1.74 bits per heavy atom. The number of nitrogens with one attached hydrogen (secondary N) is 1. The molecule has 0 aliphatic rings. The fraction of sp³-hybridized carbons (Fsp3) is 0.379. The van der Waals surface area contributed by atoms with E-state index in [0.29, 0.717) is 26.1 Å². The maximum atomic E-state index is 13.5. The number of anilines is 1. The summed E-state index contributed by atoms with van der Waals surface area (Å²) in [6.45, 7) is 7.35. The van der Waals surface area contributed by atoms with Gasteiger partial charge in [0.2, 0.25) is 11.8 Å². The lowest BCUT2D eigenvalue weighted by atomic mass is 10.1. The van der Waals surface area contributed by atoms with Crippen LogP contribution in [0.4, 0.5) is 5.69 Å². The van der Waals surface area contributed by atoms with E-state index in [0.717, 1.165) is 36.0 Å². The normalized spacial score (nSPS) is 10.8. The van der Waals surface area contributed by atoms with Crippen LogP contribution in [-0.4, -0.2) is 60.3 Å². The van der Waals surface area contributed by atoms with Gasteiger partial charge in [0.25, 0.3) is 0 Å². The number of para-hydroxylation sites is 1. The first-order valence-electron chi connectivity index (χ1n) is 12.4. The number of rotatable bonds is 13. The molecule has 6 nitrogen and oxygen atoms in total. The number of hydrogen-bond donors (Lipinski definition) is 1. The number of hydrogen-bond acceptors (Lipinski definition) is 3. The van der Waals surface area contributed by atoms with Gasteiger partial charge < -0.3 is 19.7 Å². The van der Waals surface area contributed by atoms with Gasteiger partial charge in [-0.25, -0.2) is 0 Å². The lowest BCUT2D eigenvalue weighted by molar-refractivity contribution is -0.140. The van der Waals surface area contributed by atoms with E-state index < -0.39 is 0 Å². The molecule has 2 aromatic carbocycles. The van der Waals surface area contributed by atoms with Crippen LogP contribution in [0.15, 0.2) is 67.4 Å². The zero-order valence-corrected chi connectivity index (χ0v) is 21.3. The highest BCUT2D eigenvalue weighted by atomic mass is 16.2. The lowest BCUT2D eigenvalue weighted by Crippen LogP contribution is -2.43. The van der Waals surface area contributed by atoms with E-state index in [-0.39, 0.29) is 18.4 Å². The van der Waals surface area contributed by atoms with Crippen molar-refractivity contribution >= 4 is 28.4 Å². The predicted octanol–water partition coefficient (Wildman–Crippen LogP) is 5.01. The Morgan fingerprint density at radius 1 is 1.00 bits per heavy atom. The van der Waals surface area contributed by atoms with E-state index in [1.54, 1.807) is 11.0 Å². The van der Waals surface area contributed by atoms with E-state index in [1.807, 2.05) is 37.3 Å². The number of carbonyl (C=O) groups is 2. The molecule has 1 aromatic heterocycles. The van der Waals surface area contributed by atoms with Crippen molar-refractivity contribution in [3.05, 3.63) is 78.5 Å². The van der Waals surface area contributed by atoms with Crippen LogP contribution in [-0.2, 0) is 22.6 Å². The number of nitrogens with zero attached hydrogens (tertiary/aromatic N) is 3. The number of aromatic nitrogens is 1. The Bertz CT molecular complexity index is 1120. The molecule has 0 saturated carbocycles. The third kappa shape index (κ3) is 7.22. The van der Waals surface area contributed by atoms with Crippen molar-refractivity contribution in [2.24, 2.45) is 0 Å². The highest BCUT2D eigenvalue weighted by molar-refractivity contribution is 5.85. The van der Waals surface area contributed by atoms with Gasteiger partial charge in [-0.1, -0.05) is 49.8 Å². The minimum Gasteiger partial charge on any atom is -0.378 e. The monoisotopic (exact) mass is 474 g/mol. The van der Waals surface area contributed by atoms with Gasteiger partial charge in [-0.15, -0.1) is 6.58 Å². The molecule has 0 aliphatic carbocycles. The van der Waals surface area contributed by atoms with Crippen molar-refractivity contribution in [3.8, 4) is 0 Å². The second kappa shape index (κ2) is 12.8. The van der Waals surface area contributed by atoms with E-state index in [9.17, 15) is 9.59 Å². The summed E-state index contributed by atoms with van der Waals surface area (Å²) in [4.78, 5) is 35.1. The number of benzene rings is 2. The van der Waals surface area contributed by atoms with Gasteiger partial charge in [-0.3, -0.25) is 9.59 Å². The summed E-state index contributed by atoms with van der Waals surface area (Å²) in [5, 5.41) is 1.18. The average molecular weight is 475 g/mol. The number of fused-ring (bicyclic) bond motifs is 1. The summed E-state index contributed by atoms with van der Waals surface area (Å²) in [5.41, 5.74) is 4.46. The Hall–Kier alpha value is -3.54. The molecule has 1 N–H and O–H groups in total. The quantitative estimate of drug-likeness (QED) is 0.354. The number of carbonyl (C=O) groups excluding carboxylic acids is 2. The van der Waals surface area contributed by atoms with Gasteiger partial charge >= 0.3 is 0 Å². The minimum atomic E-state index is -0.0479. The zero-order valence-electron chi connectivity index (χ0n) is 21.3. The first-order valence-corrected chi connectivity index (χ1v) is 12.4. The summed E-state index contributed by atoms with van der Waals surface area (Å²) < 4.78 is 0. The van der Waals surface area contributed by atoms with Crippen LogP contribution in [0.1, 0.15) is 37.3 Å². The van der Waals surface area contributed by atoms with Crippen molar-refractivity contribution in [1.29, 1.82) is 0 Å². The second-order valence-corrected chi connectivity index (χ2v) is 9.15. The van der Waals surface area contributed by atoms with Crippen molar-refractivity contribution in [3.63, 3.8) is 0 Å². The van der Waals surface area contributed by atoms with Gasteiger partial charge in [0.15, 0.2) is 0 Å². The molecule has 0 bridgehead atoms. The van der Waals surface area contributed by atoms with Crippen LogP contribution in [0.5, 0.6) is 0 Å². The van der Waals surface area contributed by atoms with Crippen LogP contribution >= 0.6 is 0 Å². The van der Waals surface area contributed by atoms with Crippen LogP contribution in [0, 0.1) is 0 Å². The third-order valence-electron chi connectivity index (χ3n) is 6.28. The second-order valence-electron chi connectivity index (χ2n) is 9.15. The number of aromatic amines is 1. The molecular weight excluding hydrogens is 436 g/mol. The van der Waals surface area contributed by atoms with Crippen LogP contribution in [0.25, 0.3) is 10.9 Å². The van der Waals surface area contributed by atoms with Crippen LogP contribution in [0.3, 0.4) is 0 Å². The molecule has 0 atom stereocenters. The number of amides is 2. The molecule has 0 aliphatic heterocycles. The van der Waals surface area contributed by atoms with Gasteiger partial charge in [0.05, 0.1) is 0 Å². The summed E-state index contributed by atoms with van der Waals surface area (Å²) in [6.07, 6.45) is 6.67. The Morgan fingerprint density at radius 3 is 2.43 bits per heavy atom. The van der Waals surface area contributed by atoms with E-state index in [2.05, 4.69) is 59.8 Å². The molecule has 0 fully saturated rings. The highest BCUT2D eigenvalue weighted by Crippen LogP contribution is 2.19. The molecule has 0 radical (unpaired) electrons. The van der Waals surface area contributed by atoms with Gasteiger partial charge in [-0.2, -0.15) is 0 Å². The Balaban J connectivity index is 1.77. The molecular formula is C29H38N4O2. The minimum absolute atomic E-state index is 0.00649. The van der Waals surface area contributed by atoms with Crippen molar-refractivity contribution < 1.29 is 9.59 Å². The summed E-state index contributed by atoms with van der Waals surface area (Å²) in [6, 6.07) is 16.5. The van der Waals surface area contributed by atoms with Crippen LogP contribution in [0.2, 0.25) is 0 Å². The van der Waals surface area contributed by atoms with Crippen molar-refractivity contribution in [2.75, 3.05) is 38.6 Å². The number of unbranched alkanes of at least 4 members (excludes halogenated alkanes) is 1. The van der Waals surface area contributed by atoms with Crippen molar-refractivity contribution in [1.82, 2.24) is 14.8 Å². The van der Waals surface area contributed by atoms with Gasteiger partial charge in [0.1, 0.15) is 6.54 Å². The third-order valence-corrected chi connectivity index (χ3v) is 6.28. The molecule has 6 heteroatoms. The fourth-order valence-corrected chi connectivity index (χ4v) is 4.17. The largest absolute Gasteiger partial charge is 0.378 e. The molecule has 0 spiro atoms. The van der Waals surface area contributed by atoms with E-state index in [1.165, 1.54) is 10.9 Å². The Labute approximate surface area is 209 Å². The topological polar surface area (TPSA) is 59.7 Å². The SMILES string of the molecule is C=CCN(CC(=O)N(CCc1c[nH]c2ccccc12)Cc1ccc(N(C)C)cc1)C(=O)CCCC. The maximum absolute atomic E-state index is 13.5. The molecule has 3 aromatic rings. The maximum Gasteiger partial charge on any atom is 0.242 e. The molecule has 0 unspecified atom stereocenters. The first-order chi connectivity index (χ1) is 16.9. The summed E-state index contributed by atoms with van der Waals surface area (Å²) in [7, 11) is 4.02. The molecule has 3 rings (SSSR count). The Kier molecular flexibility index (Phi) is 9.53. The average Bonchev–Trinajstić information content (AvgIpc) is 3.28. The fourth-order valence-electron chi connectivity index (χ4n) is 4.17. The molecule has 2 amide bonds. The van der Waals surface area contributed by atoms with Crippen molar-refractivity contribution in [2.45, 2.75) is 39.2 Å². The lowest BCUT2D eigenvalue weighted by Gasteiger charge is -2.27.